The molecule has 3 atom stereocenters. The number of hydrogen-bond donors (Lipinski definition) is 3. The topological polar surface area (TPSA) is 125 Å². The van der Waals surface area contributed by atoms with E-state index in [1.54, 1.807) is 24.3 Å². The molecule has 1 aliphatic rings. The standard InChI is InChI=1S/C19H30N4O4.C7H7FO/c1-13-11-14(2)27-17(13)19(25)23-15-5-8-21-16(12-15)18(24)22-7-4-10-26-9-3-6-20;1-9-7-4-2-3-6(8)5-7/h5,8,12-14,17H,3-4,6-7,9-11,20H2,1-2H3,(H,22,24)(H,21,23,25);2-5H,1H3. The normalized spacial score (nSPS) is 18.6. The zero-order chi connectivity index (χ0) is 26.3. The van der Waals surface area contributed by atoms with Crippen LogP contribution in [0.2, 0.25) is 0 Å². The van der Waals surface area contributed by atoms with Crippen molar-refractivity contribution >= 4 is 17.5 Å². The Hall–Kier alpha value is -3.08. The Kier molecular flexibility index (Phi) is 12.8. The van der Waals surface area contributed by atoms with E-state index in [9.17, 15) is 14.0 Å². The number of aromatic nitrogens is 1. The van der Waals surface area contributed by atoms with Gasteiger partial charge in [0.15, 0.2) is 0 Å². The monoisotopic (exact) mass is 504 g/mol. The highest BCUT2D eigenvalue weighted by Crippen LogP contribution is 2.26. The highest BCUT2D eigenvalue weighted by atomic mass is 19.1. The number of rotatable bonds is 11. The molecule has 0 saturated carbocycles. The molecule has 3 unspecified atom stereocenters. The summed E-state index contributed by atoms with van der Waals surface area (Å²) < 4.78 is 28.1. The molecule has 3 rings (SSSR count). The smallest absolute Gasteiger partial charge is 0.269 e. The van der Waals surface area contributed by atoms with E-state index in [0.717, 1.165) is 12.8 Å². The molecule has 0 spiro atoms. The number of halogens is 1. The van der Waals surface area contributed by atoms with E-state index in [-0.39, 0.29) is 35.3 Å². The molecule has 4 N–H and O–H groups in total. The van der Waals surface area contributed by atoms with Crippen molar-refractivity contribution in [1.29, 1.82) is 0 Å². The van der Waals surface area contributed by atoms with Crippen molar-refractivity contribution in [3.05, 3.63) is 54.1 Å². The summed E-state index contributed by atoms with van der Waals surface area (Å²) in [6, 6.07) is 9.23. The molecule has 0 radical (unpaired) electrons. The van der Waals surface area contributed by atoms with Crippen LogP contribution in [0.4, 0.5) is 10.1 Å². The minimum Gasteiger partial charge on any atom is -0.497 e. The lowest BCUT2D eigenvalue weighted by Crippen LogP contribution is -2.32. The Labute approximate surface area is 211 Å². The van der Waals surface area contributed by atoms with Gasteiger partial charge >= 0.3 is 0 Å². The molecule has 0 bridgehead atoms. The van der Waals surface area contributed by atoms with Gasteiger partial charge in [0.25, 0.3) is 11.8 Å². The summed E-state index contributed by atoms with van der Waals surface area (Å²) in [5.74, 6) is -0.0350. The summed E-state index contributed by atoms with van der Waals surface area (Å²) in [4.78, 5) is 28.7. The van der Waals surface area contributed by atoms with Gasteiger partial charge in [0, 0.05) is 37.7 Å². The lowest BCUT2D eigenvalue weighted by Gasteiger charge is -2.15. The van der Waals surface area contributed by atoms with Crippen LogP contribution in [-0.4, -0.2) is 62.4 Å². The van der Waals surface area contributed by atoms with E-state index in [4.69, 9.17) is 19.9 Å². The number of benzene rings is 1. The third-order valence-corrected chi connectivity index (χ3v) is 5.39. The number of nitrogens with one attached hydrogen (secondary N) is 2. The Balaban J connectivity index is 0.000000425. The number of nitrogens with zero attached hydrogens (tertiary/aromatic N) is 1. The average molecular weight is 505 g/mol. The minimum absolute atomic E-state index is 0.0776. The molecule has 36 heavy (non-hydrogen) atoms. The molecule has 2 amide bonds. The second-order valence-corrected chi connectivity index (χ2v) is 8.52. The molecule has 1 saturated heterocycles. The fraction of sp³-hybridized carbons (Fsp3) is 0.500. The Bertz CT molecular complexity index is 961. The molecule has 1 aromatic carbocycles. The van der Waals surface area contributed by atoms with E-state index in [1.165, 1.54) is 25.4 Å². The Morgan fingerprint density at radius 1 is 1.19 bits per heavy atom. The molecule has 2 heterocycles. The lowest BCUT2D eigenvalue weighted by atomic mass is 10.0. The van der Waals surface area contributed by atoms with Gasteiger partial charge in [-0.05, 0) is 62.9 Å². The molecular weight excluding hydrogens is 467 g/mol. The maximum Gasteiger partial charge on any atom is 0.269 e. The average Bonchev–Trinajstić information content (AvgIpc) is 3.21. The van der Waals surface area contributed by atoms with Gasteiger partial charge in [-0.15, -0.1) is 0 Å². The van der Waals surface area contributed by atoms with Gasteiger partial charge in [-0.1, -0.05) is 13.0 Å². The van der Waals surface area contributed by atoms with E-state index in [2.05, 4.69) is 15.6 Å². The first kappa shape index (κ1) is 29.2. The number of anilines is 1. The third-order valence-electron chi connectivity index (χ3n) is 5.39. The Morgan fingerprint density at radius 2 is 1.97 bits per heavy atom. The van der Waals surface area contributed by atoms with E-state index >= 15 is 0 Å². The van der Waals surface area contributed by atoms with E-state index in [1.807, 2.05) is 13.8 Å². The van der Waals surface area contributed by atoms with Crippen LogP contribution < -0.4 is 21.1 Å². The lowest BCUT2D eigenvalue weighted by molar-refractivity contribution is -0.127. The molecule has 0 aliphatic carbocycles. The van der Waals surface area contributed by atoms with Crippen LogP contribution in [0.1, 0.15) is 43.6 Å². The van der Waals surface area contributed by atoms with Gasteiger partial charge in [-0.2, -0.15) is 0 Å². The van der Waals surface area contributed by atoms with Crippen LogP contribution in [0, 0.1) is 11.7 Å². The first-order valence-electron chi connectivity index (χ1n) is 12.1. The first-order valence-corrected chi connectivity index (χ1v) is 12.1. The molecule has 2 aromatic rings. The largest absolute Gasteiger partial charge is 0.497 e. The zero-order valence-corrected chi connectivity index (χ0v) is 21.2. The fourth-order valence-corrected chi connectivity index (χ4v) is 3.60. The van der Waals surface area contributed by atoms with Gasteiger partial charge < -0.3 is 30.6 Å². The summed E-state index contributed by atoms with van der Waals surface area (Å²) in [5, 5.41) is 5.61. The number of ether oxygens (including phenoxy) is 3. The van der Waals surface area contributed by atoms with Crippen LogP contribution in [0.5, 0.6) is 5.75 Å². The van der Waals surface area contributed by atoms with E-state index < -0.39 is 6.10 Å². The van der Waals surface area contributed by atoms with Crippen LogP contribution in [0.25, 0.3) is 0 Å². The van der Waals surface area contributed by atoms with Gasteiger partial charge in [0.05, 0.1) is 13.2 Å². The van der Waals surface area contributed by atoms with Crippen molar-refractivity contribution in [2.75, 3.05) is 38.7 Å². The van der Waals surface area contributed by atoms with Crippen molar-refractivity contribution in [2.45, 2.75) is 45.3 Å². The van der Waals surface area contributed by atoms with Gasteiger partial charge in [0.1, 0.15) is 23.4 Å². The number of amides is 2. The second-order valence-electron chi connectivity index (χ2n) is 8.52. The maximum absolute atomic E-state index is 12.4. The molecule has 1 fully saturated rings. The third kappa shape index (κ3) is 10.3. The Morgan fingerprint density at radius 3 is 2.61 bits per heavy atom. The minimum atomic E-state index is -0.468. The number of carbonyl (C=O) groups is 2. The van der Waals surface area contributed by atoms with Crippen molar-refractivity contribution in [3.63, 3.8) is 0 Å². The van der Waals surface area contributed by atoms with Crippen LogP contribution in [0.3, 0.4) is 0 Å². The van der Waals surface area contributed by atoms with Crippen LogP contribution in [0.15, 0.2) is 42.6 Å². The summed E-state index contributed by atoms with van der Waals surface area (Å²) in [5.41, 5.74) is 6.17. The van der Waals surface area contributed by atoms with E-state index in [0.29, 0.717) is 44.2 Å². The molecule has 9 nitrogen and oxygen atoms in total. The van der Waals surface area contributed by atoms with Crippen LogP contribution >= 0.6 is 0 Å². The number of hydrogen-bond acceptors (Lipinski definition) is 7. The molecule has 1 aromatic heterocycles. The van der Waals surface area contributed by atoms with Crippen molar-refractivity contribution < 1.29 is 28.2 Å². The summed E-state index contributed by atoms with van der Waals surface area (Å²) >= 11 is 0. The summed E-state index contributed by atoms with van der Waals surface area (Å²) in [6.07, 6.45) is 3.51. The van der Waals surface area contributed by atoms with Gasteiger partial charge in [-0.25, -0.2) is 4.39 Å². The SMILES string of the molecule is CC1CC(C)C(C(=O)Nc2ccnc(C(=O)NCCCOCCCN)c2)O1.COc1cccc(F)c1. The van der Waals surface area contributed by atoms with Gasteiger partial charge in [-0.3, -0.25) is 14.6 Å². The first-order chi connectivity index (χ1) is 17.3. The maximum atomic E-state index is 12.4. The highest BCUT2D eigenvalue weighted by Gasteiger charge is 2.35. The summed E-state index contributed by atoms with van der Waals surface area (Å²) in [6.45, 7) is 6.27. The summed E-state index contributed by atoms with van der Waals surface area (Å²) in [7, 11) is 1.51. The molecule has 198 valence electrons. The molecular formula is C26H37FN4O5. The van der Waals surface area contributed by atoms with Crippen molar-refractivity contribution in [2.24, 2.45) is 11.7 Å². The highest BCUT2D eigenvalue weighted by molar-refractivity contribution is 5.97. The number of methoxy groups -OCH3 is 1. The van der Waals surface area contributed by atoms with Crippen molar-refractivity contribution in [3.8, 4) is 5.75 Å². The quantitative estimate of drug-likeness (QED) is 0.402. The predicted molar refractivity (Wildman–Crippen MR) is 135 cm³/mol. The fourth-order valence-electron chi connectivity index (χ4n) is 3.60. The van der Waals surface area contributed by atoms with Crippen LogP contribution in [-0.2, 0) is 14.3 Å². The predicted octanol–water partition coefficient (Wildman–Crippen LogP) is 3.15. The second kappa shape index (κ2) is 15.8. The molecule has 1 aliphatic heterocycles. The number of carbonyl (C=O) groups excluding carboxylic acids is 2. The van der Waals surface area contributed by atoms with Gasteiger partial charge in [0.2, 0.25) is 0 Å². The number of pyridine rings is 1. The number of nitrogens with two attached hydrogens (primary N) is 1. The van der Waals surface area contributed by atoms with Crippen molar-refractivity contribution in [1.82, 2.24) is 10.3 Å². The zero-order valence-electron chi connectivity index (χ0n) is 21.2. The molecule has 10 heteroatoms.